The van der Waals surface area contributed by atoms with E-state index in [1.54, 1.807) is 55.6 Å². The number of rotatable bonds is 6. The van der Waals surface area contributed by atoms with Gasteiger partial charge in [0.25, 0.3) is 0 Å². The van der Waals surface area contributed by atoms with Crippen molar-refractivity contribution < 1.29 is 17.6 Å². The Kier molecular flexibility index (Phi) is 4.82. The Morgan fingerprint density at radius 3 is 2.36 bits per heavy atom. The lowest BCUT2D eigenvalue weighted by atomic mass is 10.2. The molecule has 7 nitrogen and oxygen atoms in total. The van der Waals surface area contributed by atoms with Crippen LogP contribution in [-0.4, -0.2) is 25.7 Å². The maximum Gasteiger partial charge on any atom is 0.247 e. The third-order valence-corrected chi connectivity index (χ3v) is 4.97. The number of hydrogen-bond acceptors (Lipinski definition) is 6. The summed E-state index contributed by atoms with van der Waals surface area (Å²) in [6.45, 7) is 1.81. The number of ether oxygens (including phenoxy) is 1. The summed E-state index contributed by atoms with van der Waals surface area (Å²) in [6, 6.07) is 13.7. The molecule has 3 rings (SSSR count). The average Bonchev–Trinajstić information content (AvgIpc) is 3.10. The maximum atomic E-state index is 12.2. The van der Waals surface area contributed by atoms with Crippen molar-refractivity contribution in [2.75, 3.05) is 7.11 Å². The van der Waals surface area contributed by atoms with Crippen LogP contribution in [0, 0.1) is 6.92 Å². The summed E-state index contributed by atoms with van der Waals surface area (Å²) in [4.78, 5) is 0.188. The van der Waals surface area contributed by atoms with Crippen molar-refractivity contribution in [3.63, 3.8) is 0 Å². The zero-order valence-corrected chi connectivity index (χ0v) is 14.6. The van der Waals surface area contributed by atoms with Gasteiger partial charge in [-0.25, -0.2) is 13.1 Å². The number of benzene rings is 2. The molecule has 3 aromatic rings. The molecular weight excluding hydrogens is 342 g/mol. The van der Waals surface area contributed by atoms with Gasteiger partial charge < -0.3 is 9.15 Å². The molecule has 0 bridgehead atoms. The number of sulfonamides is 1. The van der Waals surface area contributed by atoms with Crippen LogP contribution in [0.4, 0.5) is 0 Å². The summed E-state index contributed by atoms with van der Waals surface area (Å²) in [5, 5.41) is 7.81. The minimum atomic E-state index is -3.63. The second-order valence-corrected chi connectivity index (χ2v) is 7.13. The van der Waals surface area contributed by atoms with Gasteiger partial charge in [-0.15, -0.1) is 10.2 Å². The highest BCUT2D eigenvalue weighted by molar-refractivity contribution is 7.89. The SMILES string of the molecule is COc1ccc(-c2nnc(CNS(=O)(=O)c3ccc(C)cc3)o2)cc1. The van der Waals surface area contributed by atoms with Gasteiger partial charge in [-0.05, 0) is 43.3 Å². The van der Waals surface area contributed by atoms with Gasteiger partial charge in [-0.3, -0.25) is 0 Å². The number of hydrogen-bond donors (Lipinski definition) is 1. The summed E-state index contributed by atoms with van der Waals surface area (Å²) in [5.41, 5.74) is 1.71. The fourth-order valence-corrected chi connectivity index (χ4v) is 3.11. The Balaban J connectivity index is 1.69. The van der Waals surface area contributed by atoms with E-state index in [1.807, 2.05) is 6.92 Å². The Labute approximate surface area is 145 Å². The molecule has 0 unspecified atom stereocenters. The van der Waals surface area contributed by atoms with Gasteiger partial charge in [0.2, 0.25) is 21.8 Å². The molecule has 25 heavy (non-hydrogen) atoms. The highest BCUT2D eigenvalue weighted by Crippen LogP contribution is 2.21. The summed E-state index contributed by atoms with van der Waals surface area (Å²) >= 11 is 0. The van der Waals surface area contributed by atoms with Crippen LogP contribution < -0.4 is 9.46 Å². The summed E-state index contributed by atoms with van der Waals surface area (Å²) in [7, 11) is -2.05. The monoisotopic (exact) mass is 359 g/mol. The van der Waals surface area contributed by atoms with Gasteiger partial charge >= 0.3 is 0 Å². The molecular formula is C17H17N3O4S. The van der Waals surface area contributed by atoms with E-state index in [0.717, 1.165) is 11.1 Å². The van der Waals surface area contributed by atoms with Crippen LogP contribution in [0.2, 0.25) is 0 Å². The fraction of sp³-hybridized carbons (Fsp3) is 0.176. The van der Waals surface area contributed by atoms with Crippen LogP contribution in [-0.2, 0) is 16.6 Å². The largest absolute Gasteiger partial charge is 0.497 e. The van der Waals surface area contributed by atoms with Crippen molar-refractivity contribution in [2.24, 2.45) is 0 Å². The van der Waals surface area contributed by atoms with Crippen LogP contribution in [0.1, 0.15) is 11.5 Å². The lowest BCUT2D eigenvalue weighted by molar-refractivity contribution is 0.415. The van der Waals surface area contributed by atoms with E-state index in [0.29, 0.717) is 11.6 Å². The lowest BCUT2D eigenvalue weighted by Crippen LogP contribution is -2.23. The normalized spacial score (nSPS) is 11.4. The molecule has 0 radical (unpaired) electrons. The van der Waals surface area contributed by atoms with Gasteiger partial charge in [-0.2, -0.15) is 0 Å². The van der Waals surface area contributed by atoms with E-state index in [9.17, 15) is 8.42 Å². The third kappa shape index (κ3) is 4.04. The Morgan fingerprint density at radius 2 is 1.72 bits per heavy atom. The molecule has 0 aliphatic carbocycles. The number of aromatic nitrogens is 2. The van der Waals surface area contributed by atoms with Crippen molar-refractivity contribution in [1.29, 1.82) is 0 Å². The van der Waals surface area contributed by atoms with Crippen LogP contribution in [0.15, 0.2) is 57.8 Å². The van der Waals surface area contributed by atoms with Gasteiger partial charge in [0, 0.05) is 5.56 Å². The number of aryl methyl sites for hydroxylation is 1. The molecule has 0 fully saturated rings. The molecule has 0 aliphatic rings. The van der Waals surface area contributed by atoms with E-state index >= 15 is 0 Å². The van der Waals surface area contributed by atoms with Crippen molar-refractivity contribution in [1.82, 2.24) is 14.9 Å². The average molecular weight is 359 g/mol. The first-order valence-corrected chi connectivity index (χ1v) is 8.99. The fourth-order valence-electron chi connectivity index (χ4n) is 2.13. The van der Waals surface area contributed by atoms with Gasteiger partial charge in [0.15, 0.2) is 0 Å². The summed E-state index contributed by atoms with van der Waals surface area (Å²) in [5.74, 6) is 1.21. The van der Waals surface area contributed by atoms with Crippen molar-refractivity contribution in [3.05, 3.63) is 60.0 Å². The van der Waals surface area contributed by atoms with Crippen molar-refractivity contribution in [3.8, 4) is 17.2 Å². The lowest BCUT2D eigenvalue weighted by Gasteiger charge is -2.04. The Bertz CT molecular complexity index is 948. The zero-order valence-electron chi connectivity index (χ0n) is 13.8. The molecule has 0 saturated heterocycles. The minimum Gasteiger partial charge on any atom is -0.497 e. The summed E-state index contributed by atoms with van der Waals surface area (Å²) < 4.78 is 37.5. The molecule has 0 aliphatic heterocycles. The second-order valence-electron chi connectivity index (χ2n) is 5.37. The van der Waals surface area contributed by atoms with E-state index in [1.165, 1.54) is 0 Å². The first-order valence-electron chi connectivity index (χ1n) is 7.51. The van der Waals surface area contributed by atoms with E-state index in [-0.39, 0.29) is 17.3 Å². The molecule has 0 amide bonds. The van der Waals surface area contributed by atoms with Gasteiger partial charge in [0.05, 0.1) is 18.6 Å². The maximum absolute atomic E-state index is 12.2. The Morgan fingerprint density at radius 1 is 1.04 bits per heavy atom. The molecule has 0 saturated carbocycles. The molecule has 0 atom stereocenters. The summed E-state index contributed by atoms with van der Waals surface area (Å²) in [6.07, 6.45) is 0. The molecule has 1 aromatic heterocycles. The quantitative estimate of drug-likeness (QED) is 0.727. The minimum absolute atomic E-state index is 0.0840. The van der Waals surface area contributed by atoms with Crippen molar-refractivity contribution >= 4 is 10.0 Å². The third-order valence-electron chi connectivity index (χ3n) is 3.55. The molecule has 8 heteroatoms. The van der Waals surface area contributed by atoms with Gasteiger partial charge in [-0.1, -0.05) is 17.7 Å². The first kappa shape index (κ1) is 17.1. The van der Waals surface area contributed by atoms with Crippen LogP contribution in [0.5, 0.6) is 5.75 Å². The molecule has 2 aromatic carbocycles. The first-order chi connectivity index (χ1) is 12.0. The predicted octanol–water partition coefficient (Wildman–Crippen LogP) is 2.53. The van der Waals surface area contributed by atoms with Gasteiger partial charge in [0.1, 0.15) is 5.75 Å². The predicted molar refractivity (Wildman–Crippen MR) is 91.5 cm³/mol. The van der Waals surface area contributed by atoms with E-state index in [4.69, 9.17) is 9.15 Å². The molecule has 1 heterocycles. The van der Waals surface area contributed by atoms with Crippen LogP contribution >= 0.6 is 0 Å². The molecule has 0 spiro atoms. The van der Waals surface area contributed by atoms with Crippen molar-refractivity contribution in [2.45, 2.75) is 18.4 Å². The second kappa shape index (κ2) is 7.04. The van der Waals surface area contributed by atoms with Crippen LogP contribution in [0.25, 0.3) is 11.5 Å². The highest BCUT2D eigenvalue weighted by Gasteiger charge is 2.16. The smallest absolute Gasteiger partial charge is 0.247 e. The standard InChI is InChI=1S/C17H17N3O4S/c1-12-3-9-15(10-4-12)25(21,22)18-11-16-19-20-17(24-16)13-5-7-14(23-2)8-6-13/h3-10,18H,11H2,1-2H3. The number of nitrogens with one attached hydrogen (secondary N) is 1. The molecule has 1 N–H and O–H groups in total. The zero-order chi connectivity index (χ0) is 17.9. The molecule has 130 valence electrons. The topological polar surface area (TPSA) is 94.3 Å². The highest BCUT2D eigenvalue weighted by atomic mass is 32.2. The number of methoxy groups -OCH3 is 1. The Hall–Kier alpha value is -2.71. The van der Waals surface area contributed by atoms with E-state index < -0.39 is 10.0 Å². The van der Waals surface area contributed by atoms with E-state index in [2.05, 4.69) is 14.9 Å². The number of nitrogens with zero attached hydrogens (tertiary/aromatic N) is 2. The van der Waals surface area contributed by atoms with Crippen LogP contribution in [0.3, 0.4) is 0 Å².